The summed E-state index contributed by atoms with van der Waals surface area (Å²) in [5, 5.41) is 10.5. The Labute approximate surface area is 132 Å². The number of aliphatic hydroxyl groups is 1. The lowest BCUT2D eigenvalue weighted by Gasteiger charge is -2.13. The maximum atomic E-state index is 10.5. The molecule has 3 nitrogen and oxygen atoms in total. The molecule has 1 atom stereocenters. The molecule has 1 aromatic heterocycles. The van der Waals surface area contributed by atoms with Crippen LogP contribution in [0.1, 0.15) is 23.1 Å². The second-order valence-corrected chi connectivity index (χ2v) is 6.17. The highest BCUT2D eigenvalue weighted by atomic mass is 79.9. The SMILES string of the molecule is Cc1ccc(Br)c(C(O)Cc2nc3ccccc3n2C)c1. The molecule has 2 aromatic carbocycles. The number of aliphatic hydroxyl groups excluding tert-OH is 1. The molecule has 0 aliphatic heterocycles. The third-order valence-corrected chi connectivity index (χ3v) is 4.49. The molecule has 0 aliphatic rings. The average Bonchev–Trinajstić information content (AvgIpc) is 2.78. The van der Waals surface area contributed by atoms with Gasteiger partial charge in [0.1, 0.15) is 5.82 Å². The molecule has 0 fully saturated rings. The molecule has 3 rings (SSSR count). The van der Waals surface area contributed by atoms with E-state index < -0.39 is 6.10 Å². The molecular formula is C17H17BrN2O. The number of aryl methyl sites for hydroxylation is 2. The van der Waals surface area contributed by atoms with Crippen molar-refractivity contribution in [2.45, 2.75) is 19.4 Å². The van der Waals surface area contributed by atoms with Gasteiger partial charge < -0.3 is 9.67 Å². The van der Waals surface area contributed by atoms with Gasteiger partial charge in [-0.15, -0.1) is 0 Å². The van der Waals surface area contributed by atoms with Crippen molar-refractivity contribution in [2.75, 3.05) is 0 Å². The molecule has 0 saturated carbocycles. The molecule has 1 unspecified atom stereocenters. The number of aromatic nitrogens is 2. The molecular weight excluding hydrogens is 328 g/mol. The Morgan fingerprint density at radius 1 is 1.24 bits per heavy atom. The summed E-state index contributed by atoms with van der Waals surface area (Å²) in [7, 11) is 1.99. The monoisotopic (exact) mass is 344 g/mol. The number of hydrogen-bond acceptors (Lipinski definition) is 2. The highest BCUT2D eigenvalue weighted by molar-refractivity contribution is 9.10. The number of nitrogens with zero attached hydrogens (tertiary/aromatic N) is 2. The van der Waals surface area contributed by atoms with Crippen LogP contribution in [0.2, 0.25) is 0 Å². The summed E-state index contributed by atoms with van der Waals surface area (Å²) in [6.45, 7) is 2.03. The summed E-state index contributed by atoms with van der Waals surface area (Å²) >= 11 is 3.51. The van der Waals surface area contributed by atoms with Gasteiger partial charge in [-0.25, -0.2) is 4.98 Å². The van der Waals surface area contributed by atoms with Crippen LogP contribution in [-0.2, 0) is 13.5 Å². The van der Waals surface area contributed by atoms with Gasteiger partial charge in [0.15, 0.2) is 0 Å². The van der Waals surface area contributed by atoms with Crippen molar-refractivity contribution in [3.63, 3.8) is 0 Å². The minimum absolute atomic E-state index is 0.493. The fourth-order valence-corrected chi connectivity index (χ4v) is 3.09. The smallest absolute Gasteiger partial charge is 0.112 e. The highest BCUT2D eigenvalue weighted by Gasteiger charge is 2.16. The summed E-state index contributed by atoms with van der Waals surface area (Å²) < 4.78 is 2.97. The summed E-state index contributed by atoms with van der Waals surface area (Å²) in [6.07, 6.45) is -0.0810. The Hall–Kier alpha value is -1.65. The lowest BCUT2D eigenvalue weighted by Crippen LogP contribution is -2.07. The third kappa shape index (κ3) is 2.74. The number of rotatable bonds is 3. The number of fused-ring (bicyclic) bond motifs is 1. The molecule has 4 heteroatoms. The number of halogens is 1. The van der Waals surface area contributed by atoms with Crippen molar-refractivity contribution in [3.05, 3.63) is 63.9 Å². The minimum Gasteiger partial charge on any atom is -0.388 e. The van der Waals surface area contributed by atoms with Crippen LogP contribution >= 0.6 is 15.9 Å². The van der Waals surface area contributed by atoms with Gasteiger partial charge >= 0.3 is 0 Å². The second-order valence-electron chi connectivity index (χ2n) is 5.32. The number of benzene rings is 2. The zero-order valence-electron chi connectivity index (χ0n) is 12.0. The molecule has 3 aromatic rings. The quantitative estimate of drug-likeness (QED) is 0.781. The van der Waals surface area contributed by atoms with Crippen LogP contribution < -0.4 is 0 Å². The van der Waals surface area contributed by atoms with E-state index >= 15 is 0 Å². The first-order valence-electron chi connectivity index (χ1n) is 6.90. The molecule has 0 saturated heterocycles. The topological polar surface area (TPSA) is 38.1 Å². The summed E-state index contributed by atoms with van der Waals surface area (Å²) in [4.78, 5) is 4.62. The standard InChI is InChI=1S/C17H17BrN2O/c1-11-7-8-13(18)12(9-11)16(21)10-17-19-14-5-3-4-6-15(14)20(17)2/h3-9,16,21H,10H2,1-2H3. The lowest BCUT2D eigenvalue weighted by atomic mass is 10.0. The number of para-hydroxylation sites is 2. The van der Waals surface area contributed by atoms with E-state index in [0.29, 0.717) is 6.42 Å². The van der Waals surface area contributed by atoms with Crippen LogP contribution in [0.25, 0.3) is 11.0 Å². The van der Waals surface area contributed by atoms with Crippen LogP contribution in [0.5, 0.6) is 0 Å². The molecule has 0 amide bonds. The predicted molar refractivity (Wildman–Crippen MR) is 88.3 cm³/mol. The number of imidazole rings is 1. The Balaban J connectivity index is 1.94. The van der Waals surface area contributed by atoms with Crippen molar-refractivity contribution in [1.29, 1.82) is 0 Å². The van der Waals surface area contributed by atoms with E-state index in [-0.39, 0.29) is 0 Å². The van der Waals surface area contributed by atoms with E-state index in [9.17, 15) is 5.11 Å². The Morgan fingerprint density at radius 2 is 2.00 bits per heavy atom. The van der Waals surface area contributed by atoms with Gasteiger partial charge in [0.05, 0.1) is 17.1 Å². The maximum absolute atomic E-state index is 10.5. The van der Waals surface area contributed by atoms with Crippen molar-refractivity contribution >= 4 is 27.0 Å². The summed E-state index contributed by atoms with van der Waals surface area (Å²) in [5.41, 5.74) is 4.09. The Morgan fingerprint density at radius 3 is 2.76 bits per heavy atom. The molecule has 0 spiro atoms. The van der Waals surface area contributed by atoms with Gasteiger partial charge in [-0.2, -0.15) is 0 Å². The molecule has 0 aliphatic carbocycles. The van der Waals surface area contributed by atoms with Crippen molar-refractivity contribution < 1.29 is 5.11 Å². The molecule has 108 valence electrons. The van der Waals surface area contributed by atoms with E-state index in [1.54, 1.807) is 0 Å². The third-order valence-electron chi connectivity index (χ3n) is 3.77. The largest absolute Gasteiger partial charge is 0.388 e. The fraction of sp³-hybridized carbons (Fsp3) is 0.235. The van der Waals surface area contributed by atoms with E-state index in [1.807, 2.05) is 61.0 Å². The van der Waals surface area contributed by atoms with E-state index in [1.165, 1.54) is 0 Å². The van der Waals surface area contributed by atoms with Gasteiger partial charge in [-0.1, -0.05) is 45.8 Å². The van der Waals surface area contributed by atoms with E-state index in [4.69, 9.17) is 0 Å². The van der Waals surface area contributed by atoms with E-state index in [2.05, 4.69) is 20.9 Å². The first-order chi connectivity index (χ1) is 10.1. The number of hydrogen-bond donors (Lipinski definition) is 1. The van der Waals surface area contributed by atoms with E-state index in [0.717, 1.165) is 32.5 Å². The molecule has 0 bridgehead atoms. The normalized spacial score (nSPS) is 12.8. The van der Waals surface area contributed by atoms with Gasteiger partial charge in [0.2, 0.25) is 0 Å². The van der Waals surface area contributed by atoms with Crippen molar-refractivity contribution in [1.82, 2.24) is 9.55 Å². The zero-order chi connectivity index (χ0) is 15.0. The van der Waals surface area contributed by atoms with Gasteiger partial charge in [-0.3, -0.25) is 0 Å². The van der Waals surface area contributed by atoms with Crippen LogP contribution in [0.4, 0.5) is 0 Å². The van der Waals surface area contributed by atoms with Crippen LogP contribution in [0.15, 0.2) is 46.9 Å². The summed E-state index contributed by atoms with van der Waals surface area (Å²) in [6, 6.07) is 14.0. The Kier molecular flexibility index (Phi) is 3.83. The van der Waals surface area contributed by atoms with Crippen molar-refractivity contribution in [2.24, 2.45) is 7.05 Å². The highest BCUT2D eigenvalue weighted by Crippen LogP contribution is 2.27. The Bertz CT molecular complexity index is 795. The predicted octanol–water partition coefficient (Wildman–Crippen LogP) is 3.92. The van der Waals surface area contributed by atoms with Crippen LogP contribution in [0, 0.1) is 6.92 Å². The van der Waals surface area contributed by atoms with Gasteiger partial charge in [0.25, 0.3) is 0 Å². The maximum Gasteiger partial charge on any atom is 0.112 e. The first-order valence-corrected chi connectivity index (χ1v) is 7.70. The van der Waals surface area contributed by atoms with Crippen LogP contribution in [-0.4, -0.2) is 14.7 Å². The van der Waals surface area contributed by atoms with Gasteiger partial charge in [0, 0.05) is 17.9 Å². The molecule has 1 N–H and O–H groups in total. The molecule has 21 heavy (non-hydrogen) atoms. The fourth-order valence-electron chi connectivity index (χ4n) is 2.58. The first kappa shape index (κ1) is 14.3. The second kappa shape index (κ2) is 5.62. The van der Waals surface area contributed by atoms with Crippen LogP contribution in [0.3, 0.4) is 0 Å². The minimum atomic E-state index is -0.574. The summed E-state index contributed by atoms with van der Waals surface area (Å²) in [5.74, 6) is 0.886. The molecule has 1 heterocycles. The lowest BCUT2D eigenvalue weighted by molar-refractivity contribution is 0.174. The zero-order valence-corrected chi connectivity index (χ0v) is 13.6. The molecule has 0 radical (unpaired) electrons. The van der Waals surface area contributed by atoms with Gasteiger partial charge in [-0.05, 0) is 30.7 Å². The average molecular weight is 345 g/mol. The van der Waals surface area contributed by atoms with Crippen molar-refractivity contribution in [3.8, 4) is 0 Å².